The lowest BCUT2D eigenvalue weighted by Crippen LogP contribution is -2.44. The number of amides is 1. The van der Waals surface area contributed by atoms with Gasteiger partial charge < -0.3 is 15.2 Å². The van der Waals surface area contributed by atoms with E-state index >= 15 is 0 Å². The average molecular weight is 432 g/mol. The molecule has 1 aromatic carbocycles. The minimum Gasteiger partial charge on any atom is -0.444 e. The molecular formula is C18H29N3O7S. The second kappa shape index (κ2) is 9.99. The number of benzene rings is 1. The third kappa shape index (κ3) is 8.34. The van der Waals surface area contributed by atoms with E-state index in [1.54, 1.807) is 20.8 Å². The zero-order valence-corrected chi connectivity index (χ0v) is 18.1. The number of nitro groups is 1. The predicted molar refractivity (Wildman–Crippen MR) is 107 cm³/mol. The number of hydrogen-bond donors (Lipinski definition) is 2. The van der Waals surface area contributed by atoms with Crippen molar-refractivity contribution in [1.82, 2.24) is 9.62 Å². The van der Waals surface area contributed by atoms with Gasteiger partial charge in [0.15, 0.2) is 0 Å². The summed E-state index contributed by atoms with van der Waals surface area (Å²) in [5.74, 6) is -0.0335. The standard InChI is InChI=1S/C18H29N3O7S/c1-13(2)11-20(12-15(22)10-19-17(23)28-18(3,4)5)29(26,27)16-8-6-14(7-9-16)21(24)25/h6-9,13,15,22H,10-12H2,1-5H3,(H,19,23)/t15-/m0/s1. The minimum absolute atomic E-state index is 0.0335. The van der Waals surface area contributed by atoms with Crippen LogP contribution in [-0.2, 0) is 14.8 Å². The molecule has 164 valence electrons. The highest BCUT2D eigenvalue weighted by Crippen LogP contribution is 2.21. The molecule has 29 heavy (non-hydrogen) atoms. The first kappa shape index (κ1) is 24.8. The van der Waals surface area contributed by atoms with Gasteiger partial charge in [0.25, 0.3) is 5.69 Å². The summed E-state index contributed by atoms with van der Waals surface area (Å²) in [4.78, 5) is 21.7. The average Bonchev–Trinajstić information content (AvgIpc) is 2.57. The van der Waals surface area contributed by atoms with E-state index in [4.69, 9.17) is 4.74 Å². The number of alkyl carbamates (subject to hydrolysis) is 1. The Morgan fingerprint density at radius 3 is 2.24 bits per heavy atom. The van der Waals surface area contributed by atoms with Crippen LogP contribution in [0.15, 0.2) is 29.2 Å². The molecule has 10 nitrogen and oxygen atoms in total. The molecule has 0 aliphatic heterocycles. The summed E-state index contributed by atoms with van der Waals surface area (Å²) in [5.41, 5.74) is -0.918. The molecule has 1 rings (SSSR count). The quantitative estimate of drug-likeness (QED) is 0.451. The van der Waals surface area contributed by atoms with Crippen molar-refractivity contribution < 1.29 is 28.0 Å². The third-order valence-corrected chi connectivity index (χ3v) is 5.40. The summed E-state index contributed by atoms with van der Waals surface area (Å²) >= 11 is 0. The molecule has 0 spiro atoms. The monoisotopic (exact) mass is 431 g/mol. The number of sulfonamides is 1. The summed E-state index contributed by atoms with van der Waals surface area (Å²) in [5, 5.41) is 23.4. The maximum absolute atomic E-state index is 12.9. The normalized spacial score (nSPS) is 13.4. The number of rotatable bonds is 9. The molecule has 1 aromatic rings. The summed E-state index contributed by atoms with van der Waals surface area (Å²) < 4.78 is 32.1. The maximum Gasteiger partial charge on any atom is 0.407 e. The second-order valence-electron chi connectivity index (χ2n) is 8.00. The number of ether oxygens (including phenoxy) is 1. The Hall–Kier alpha value is -2.24. The molecule has 2 N–H and O–H groups in total. The lowest BCUT2D eigenvalue weighted by Gasteiger charge is -2.26. The number of carbonyl (C=O) groups excluding carboxylic acids is 1. The fourth-order valence-electron chi connectivity index (χ4n) is 2.38. The van der Waals surface area contributed by atoms with Crippen LogP contribution >= 0.6 is 0 Å². The fourth-order valence-corrected chi connectivity index (χ4v) is 4.02. The molecule has 0 aromatic heterocycles. The molecule has 0 bridgehead atoms. The Kier molecular flexibility index (Phi) is 8.54. The highest BCUT2D eigenvalue weighted by atomic mass is 32.2. The van der Waals surface area contributed by atoms with Crippen LogP contribution < -0.4 is 5.32 Å². The van der Waals surface area contributed by atoms with Crippen LogP contribution in [0, 0.1) is 16.0 Å². The van der Waals surface area contributed by atoms with E-state index < -0.39 is 32.7 Å². The van der Waals surface area contributed by atoms with Gasteiger partial charge >= 0.3 is 6.09 Å². The van der Waals surface area contributed by atoms with Gasteiger partial charge in [0.2, 0.25) is 10.0 Å². The van der Waals surface area contributed by atoms with Gasteiger partial charge in [-0.25, -0.2) is 13.2 Å². The Balaban J connectivity index is 2.89. The molecule has 1 amide bonds. The molecular weight excluding hydrogens is 402 g/mol. The summed E-state index contributed by atoms with van der Waals surface area (Å²) in [6.07, 6.45) is -1.89. The van der Waals surface area contributed by atoms with Crippen molar-refractivity contribution in [1.29, 1.82) is 0 Å². The molecule has 0 fully saturated rings. The second-order valence-corrected chi connectivity index (χ2v) is 9.94. The third-order valence-electron chi connectivity index (χ3n) is 3.55. The van der Waals surface area contributed by atoms with Gasteiger partial charge in [0, 0.05) is 31.8 Å². The summed E-state index contributed by atoms with van der Waals surface area (Å²) in [7, 11) is -3.99. The van der Waals surface area contributed by atoms with E-state index in [0.29, 0.717) is 0 Å². The first-order chi connectivity index (χ1) is 13.2. The van der Waals surface area contributed by atoms with Crippen LogP contribution in [0.25, 0.3) is 0 Å². The largest absolute Gasteiger partial charge is 0.444 e. The molecule has 0 heterocycles. The van der Waals surface area contributed by atoms with Crippen LogP contribution in [0.4, 0.5) is 10.5 Å². The molecule has 1 atom stereocenters. The van der Waals surface area contributed by atoms with Crippen LogP contribution in [0.2, 0.25) is 0 Å². The van der Waals surface area contributed by atoms with Crippen molar-refractivity contribution in [2.45, 2.75) is 51.2 Å². The number of non-ortho nitro benzene ring substituents is 1. The van der Waals surface area contributed by atoms with Gasteiger partial charge in [-0.1, -0.05) is 13.8 Å². The number of nitrogens with zero attached hydrogens (tertiary/aromatic N) is 2. The van der Waals surface area contributed by atoms with Crippen molar-refractivity contribution in [3.63, 3.8) is 0 Å². The summed E-state index contributed by atoms with van der Waals surface area (Å²) in [6, 6.07) is 4.54. The first-order valence-electron chi connectivity index (χ1n) is 9.12. The van der Waals surface area contributed by atoms with E-state index in [-0.39, 0.29) is 36.1 Å². The number of nitrogens with one attached hydrogen (secondary N) is 1. The van der Waals surface area contributed by atoms with Gasteiger partial charge in [0.05, 0.1) is 15.9 Å². The van der Waals surface area contributed by atoms with Crippen LogP contribution in [-0.4, -0.2) is 60.2 Å². The highest BCUT2D eigenvalue weighted by Gasteiger charge is 2.28. The van der Waals surface area contributed by atoms with Gasteiger partial charge in [-0.2, -0.15) is 4.31 Å². The molecule has 0 aliphatic carbocycles. The van der Waals surface area contributed by atoms with Crippen molar-refractivity contribution in [3.05, 3.63) is 34.4 Å². The van der Waals surface area contributed by atoms with Crippen LogP contribution in [0.5, 0.6) is 0 Å². The zero-order chi connectivity index (χ0) is 22.4. The number of nitro benzene ring substituents is 1. The maximum atomic E-state index is 12.9. The van der Waals surface area contributed by atoms with Crippen molar-refractivity contribution in [3.8, 4) is 0 Å². The highest BCUT2D eigenvalue weighted by molar-refractivity contribution is 7.89. The number of aliphatic hydroxyl groups excluding tert-OH is 1. The van der Waals surface area contributed by atoms with E-state index in [0.717, 1.165) is 28.6 Å². The number of aliphatic hydroxyl groups is 1. The Morgan fingerprint density at radius 1 is 1.24 bits per heavy atom. The summed E-state index contributed by atoms with van der Waals surface area (Å²) in [6.45, 7) is 8.42. The molecule has 0 unspecified atom stereocenters. The Morgan fingerprint density at radius 2 is 1.79 bits per heavy atom. The van der Waals surface area contributed by atoms with Gasteiger partial charge in [-0.3, -0.25) is 10.1 Å². The Labute approximate surface area is 171 Å². The lowest BCUT2D eigenvalue weighted by molar-refractivity contribution is -0.384. The molecule has 0 radical (unpaired) electrons. The first-order valence-corrected chi connectivity index (χ1v) is 10.6. The molecule has 0 aliphatic rings. The van der Waals surface area contributed by atoms with Crippen molar-refractivity contribution >= 4 is 21.8 Å². The van der Waals surface area contributed by atoms with E-state index in [2.05, 4.69) is 5.32 Å². The Bertz CT molecular complexity index is 802. The van der Waals surface area contributed by atoms with Gasteiger partial charge in [0.1, 0.15) is 5.60 Å². The SMILES string of the molecule is CC(C)CN(C[C@@H](O)CNC(=O)OC(C)(C)C)S(=O)(=O)c1ccc([N+](=O)[O-])cc1. The molecule has 0 saturated heterocycles. The van der Waals surface area contributed by atoms with E-state index in [9.17, 15) is 28.4 Å². The van der Waals surface area contributed by atoms with E-state index in [1.807, 2.05) is 13.8 Å². The minimum atomic E-state index is -3.99. The van der Waals surface area contributed by atoms with Crippen LogP contribution in [0.3, 0.4) is 0 Å². The van der Waals surface area contributed by atoms with Gasteiger partial charge in [-0.05, 0) is 38.8 Å². The van der Waals surface area contributed by atoms with Gasteiger partial charge in [-0.15, -0.1) is 0 Å². The van der Waals surface area contributed by atoms with E-state index in [1.165, 1.54) is 0 Å². The fraction of sp³-hybridized carbons (Fsp3) is 0.611. The number of carbonyl (C=O) groups is 1. The van der Waals surface area contributed by atoms with Crippen LogP contribution in [0.1, 0.15) is 34.6 Å². The zero-order valence-electron chi connectivity index (χ0n) is 17.3. The van der Waals surface area contributed by atoms with Crippen molar-refractivity contribution in [2.24, 2.45) is 5.92 Å². The lowest BCUT2D eigenvalue weighted by atomic mass is 10.2. The molecule has 11 heteroatoms. The topological polar surface area (TPSA) is 139 Å². The predicted octanol–water partition coefficient (Wildman–Crippen LogP) is 2.13. The molecule has 0 saturated carbocycles. The van der Waals surface area contributed by atoms with Crippen molar-refractivity contribution in [2.75, 3.05) is 19.6 Å². The number of hydrogen-bond acceptors (Lipinski definition) is 7. The smallest absolute Gasteiger partial charge is 0.407 e.